The molecule has 2 unspecified atom stereocenters. The first kappa shape index (κ1) is 25.6. The number of carbonyl (C=O) groups excluding carboxylic acids is 1. The molecule has 0 fully saturated rings. The van der Waals surface area contributed by atoms with Crippen LogP contribution in [-0.2, 0) is 17.2 Å². The minimum atomic E-state index is -3.98. The van der Waals surface area contributed by atoms with Gasteiger partial charge in [-0.15, -0.1) is 11.3 Å². The van der Waals surface area contributed by atoms with Crippen molar-refractivity contribution in [3.05, 3.63) is 37.9 Å². The first-order valence-corrected chi connectivity index (χ1v) is 11.8. The van der Waals surface area contributed by atoms with Gasteiger partial charge in [-0.05, 0) is 66.7 Å². The molecule has 33 heavy (non-hydrogen) atoms. The highest BCUT2D eigenvalue weighted by Gasteiger charge is 2.51. The van der Waals surface area contributed by atoms with Gasteiger partial charge >= 0.3 is 12.0 Å². The molecule has 0 saturated heterocycles. The molecule has 3 aromatic heterocycles. The standard InChI is InChI=1S/C20H21BrClF3N4O3S/c1-9(23)14(28-18(30)32-19(2,3)4)20(24,25)15-11(21)12-13(31-15)16(29-17(22)27-12)26-8-10-6-5-7-33-10/h5-7,9,14H,8H2,1-4H3,(H,28,30)(H,26,27,29). The van der Waals surface area contributed by atoms with Crippen molar-refractivity contribution < 1.29 is 27.1 Å². The average molecular weight is 570 g/mol. The molecule has 0 spiro atoms. The SMILES string of the molecule is CC(F)C(NC(=O)OC(C)(C)C)C(F)(F)c1oc2c(NCc3cccs3)nc(Cl)nc2c1Br. The van der Waals surface area contributed by atoms with E-state index in [1.165, 1.54) is 11.3 Å². The van der Waals surface area contributed by atoms with E-state index in [4.69, 9.17) is 20.8 Å². The van der Waals surface area contributed by atoms with Crippen LogP contribution in [0.5, 0.6) is 0 Å². The van der Waals surface area contributed by atoms with Gasteiger partial charge in [0, 0.05) is 4.88 Å². The highest BCUT2D eigenvalue weighted by atomic mass is 79.9. The van der Waals surface area contributed by atoms with Gasteiger partial charge in [0.15, 0.2) is 17.2 Å². The fourth-order valence-corrected chi connectivity index (χ4v) is 4.34. The maximum Gasteiger partial charge on any atom is 0.408 e. The summed E-state index contributed by atoms with van der Waals surface area (Å²) in [4.78, 5) is 21.0. The number of furan rings is 1. The Bertz CT molecular complexity index is 1140. The lowest BCUT2D eigenvalue weighted by molar-refractivity contribution is -0.0821. The molecule has 0 saturated carbocycles. The minimum absolute atomic E-state index is 0.0270. The number of fused-ring (bicyclic) bond motifs is 1. The Kier molecular flexibility index (Phi) is 7.49. The molecule has 7 nitrogen and oxygen atoms in total. The Labute approximate surface area is 205 Å². The molecule has 0 aromatic carbocycles. The summed E-state index contributed by atoms with van der Waals surface area (Å²) in [5.74, 6) is -4.83. The van der Waals surface area contributed by atoms with Gasteiger partial charge in [0.25, 0.3) is 0 Å². The van der Waals surface area contributed by atoms with Gasteiger partial charge in [0.1, 0.15) is 23.3 Å². The van der Waals surface area contributed by atoms with E-state index < -0.39 is 35.6 Å². The number of aromatic nitrogens is 2. The molecule has 1 amide bonds. The van der Waals surface area contributed by atoms with Crippen LogP contribution < -0.4 is 10.6 Å². The second kappa shape index (κ2) is 9.67. The summed E-state index contributed by atoms with van der Waals surface area (Å²) in [5, 5.41) is 6.58. The third-order valence-corrected chi connectivity index (χ3v) is 6.07. The molecule has 3 heterocycles. The van der Waals surface area contributed by atoms with Gasteiger partial charge in [-0.3, -0.25) is 0 Å². The molecule has 0 aliphatic heterocycles. The molecule has 2 atom stereocenters. The fraction of sp³-hybridized carbons (Fsp3) is 0.450. The Morgan fingerprint density at radius 1 is 1.36 bits per heavy atom. The number of halogens is 5. The topological polar surface area (TPSA) is 89.3 Å². The smallest absolute Gasteiger partial charge is 0.408 e. The van der Waals surface area contributed by atoms with Crippen LogP contribution in [0, 0.1) is 0 Å². The highest BCUT2D eigenvalue weighted by molar-refractivity contribution is 9.10. The number of nitrogens with zero attached hydrogens (tertiary/aromatic N) is 2. The van der Waals surface area contributed by atoms with Crippen LogP contribution in [0.15, 0.2) is 26.4 Å². The summed E-state index contributed by atoms with van der Waals surface area (Å²) < 4.78 is 55.4. The van der Waals surface area contributed by atoms with Crippen LogP contribution >= 0.6 is 38.9 Å². The van der Waals surface area contributed by atoms with Gasteiger partial charge in [-0.25, -0.2) is 14.2 Å². The Balaban J connectivity index is 1.98. The third-order valence-electron chi connectivity index (χ3n) is 4.28. The zero-order valence-corrected chi connectivity index (χ0v) is 21.2. The van der Waals surface area contributed by atoms with Crippen molar-refractivity contribution in [1.82, 2.24) is 15.3 Å². The summed E-state index contributed by atoms with van der Waals surface area (Å²) in [6.45, 7) is 5.91. The molecule has 3 rings (SSSR count). The maximum absolute atomic E-state index is 15.5. The predicted molar refractivity (Wildman–Crippen MR) is 124 cm³/mol. The first-order chi connectivity index (χ1) is 15.3. The van der Waals surface area contributed by atoms with E-state index in [9.17, 15) is 9.18 Å². The summed E-state index contributed by atoms with van der Waals surface area (Å²) >= 11 is 10.5. The van der Waals surface area contributed by atoms with E-state index in [1.807, 2.05) is 22.8 Å². The lowest BCUT2D eigenvalue weighted by Gasteiger charge is -2.29. The van der Waals surface area contributed by atoms with Crippen LogP contribution in [-0.4, -0.2) is 33.9 Å². The molecule has 0 bridgehead atoms. The predicted octanol–water partition coefficient (Wildman–Crippen LogP) is 6.66. The van der Waals surface area contributed by atoms with Gasteiger partial charge < -0.3 is 19.8 Å². The normalized spacial score (nSPS) is 14.2. The number of nitrogens with one attached hydrogen (secondary N) is 2. The van der Waals surface area contributed by atoms with Crippen LogP contribution in [0.1, 0.15) is 38.3 Å². The molecule has 180 valence electrons. The number of alkyl carbamates (subject to hydrolysis) is 1. The number of carbonyl (C=O) groups is 1. The monoisotopic (exact) mass is 568 g/mol. The number of hydrogen-bond acceptors (Lipinski definition) is 7. The molecule has 0 aliphatic rings. The Morgan fingerprint density at radius 3 is 2.64 bits per heavy atom. The van der Waals surface area contributed by atoms with Crippen LogP contribution in [0.3, 0.4) is 0 Å². The van der Waals surface area contributed by atoms with Crippen molar-refractivity contribution in [3.63, 3.8) is 0 Å². The van der Waals surface area contributed by atoms with E-state index in [0.29, 0.717) is 6.54 Å². The van der Waals surface area contributed by atoms with E-state index in [0.717, 1.165) is 11.8 Å². The zero-order valence-electron chi connectivity index (χ0n) is 18.0. The van der Waals surface area contributed by atoms with E-state index >= 15 is 8.78 Å². The van der Waals surface area contributed by atoms with Crippen LogP contribution in [0.4, 0.5) is 23.8 Å². The van der Waals surface area contributed by atoms with Crippen molar-refractivity contribution in [2.45, 2.75) is 58.0 Å². The number of amides is 1. The maximum atomic E-state index is 15.5. The van der Waals surface area contributed by atoms with Crippen molar-refractivity contribution in [2.75, 3.05) is 5.32 Å². The number of anilines is 1. The van der Waals surface area contributed by atoms with E-state index in [-0.39, 0.29) is 26.7 Å². The third kappa shape index (κ3) is 5.90. The zero-order chi connectivity index (χ0) is 24.6. The van der Waals surface area contributed by atoms with Crippen molar-refractivity contribution >= 4 is 61.9 Å². The first-order valence-electron chi connectivity index (χ1n) is 9.73. The van der Waals surface area contributed by atoms with Crippen molar-refractivity contribution in [3.8, 4) is 0 Å². The van der Waals surface area contributed by atoms with E-state index in [1.54, 1.807) is 20.8 Å². The number of hydrogen-bond donors (Lipinski definition) is 2. The molecular formula is C20H21BrClF3N4O3S. The summed E-state index contributed by atoms with van der Waals surface area (Å²) in [7, 11) is 0. The highest BCUT2D eigenvalue weighted by Crippen LogP contribution is 2.44. The van der Waals surface area contributed by atoms with E-state index in [2.05, 4.69) is 31.2 Å². The molecule has 2 N–H and O–H groups in total. The van der Waals surface area contributed by atoms with Gasteiger partial charge in [0.05, 0.1) is 11.0 Å². The molecule has 0 aliphatic carbocycles. The molecule has 13 heteroatoms. The Hall–Kier alpha value is -2.05. The molecular weight excluding hydrogens is 549 g/mol. The van der Waals surface area contributed by atoms with Crippen LogP contribution in [0.2, 0.25) is 5.28 Å². The summed E-state index contributed by atoms with van der Waals surface area (Å²) in [6, 6.07) is 1.46. The van der Waals surface area contributed by atoms with Crippen LogP contribution in [0.25, 0.3) is 11.1 Å². The lowest BCUT2D eigenvalue weighted by Crippen LogP contribution is -2.52. The lowest BCUT2D eigenvalue weighted by atomic mass is 10.0. The number of ether oxygens (including phenoxy) is 1. The Morgan fingerprint density at radius 2 is 2.06 bits per heavy atom. The fourth-order valence-electron chi connectivity index (χ4n) is 2.91. The minimum Gasteiger partial charge on any atom is -0.448 e. The van der Waals surface area contributed by atoms with Crippen molar-refractivity contribution in [1.29, 1.82) is 0 Å². The largest absolute Gasteiger partial charge is 0.448 e. The van der Waals surface area contributed by atoms with Gasteiger partial charge in [0.2, 0.25) is 5.28 Å². The summed E-state index contributed by atoms with van der Waals surface area (Å²) in [5.41, 5.74) is -1.08. The number of thiophene rings is 1. The quantitative estimate of drug-likeness (QED) is 0.310. The van der Waals surface area contributed by atoms with Gasteiger partial charge in [-0.1, -0.05) is 6.07 Å². The number of rotatable bonds is 7. The average Bonchev–Trinajstić information content (AvgIpc) is 3.31. The number of alkyl halides is 3. The van der Waals surface area contributed by atoms with Gasteiger partial charge in [-0.2, -0.15) is 13.8 Å². The second-order valence-corrected chi connectivity index (χ2v) is 10.3. The molecule has 3 aromatic rings. The molecule has 0 radical (unpaired) electrons. The van der Waals surface area contributed by atoms with Crippen molar-refractivity contribution in [2.24, 2.45) is 0 Å². The summed E-state index contributed by atoms with van der Waals surface area (Å²) in [6.07, 6.45) is -3.34. The second-order valence-electron chi connectivity index (χ2n) is 8.12.